The summed E-state index contributed by atoms with van der Waals surface area (Å²) in [5.41, 5.74) is 1.89. The number of furan rings is 1. The third-order valence-electron chi connectivity index (χ3n) is 3.03. The average molecular weight is 316 g/mol. The van der Waals surface area contributed by atoms with Crippen molar-refractivity contribution in [3.05, 3.63) is 59.1 Å². The Morgan fingerprint density at radius 2 is 2.18 bits per heavy atom. The number of anilines is 3. The van der Waals surface area contributed by atoms with E-state index in [1.54, 1.807) is 12.5 Å². The first kappa shape index (κ1) is 14.3. The molecule has 2 aromatic heterocycles. The molecule has 7 heteroatoms. The zero-order chi connectivity index (χ0) is 15.4. The van der Waals surface area contributed by atoms with Crippen LogP contribution in [0.15, 0.2) is 47.2 Å². The molecule has 0 aliphatic heterocycles. The number of nitrogens with zero attached hydrogens (tertiary/aromatic N) is 3. The third-order valence-corrected chi connectivity index (χ3v) is 3.26. The van der Waals surface area contributed by atoms with Crippen LogP contribution in [0.4, 0.5) is 17.5 Å². The van der Waals surface area contributed by atoms with E-state index in [2.05, 4.69) is 25.8 Å². The van der Waals surface area contributed by atoms with Crippen LogP contribution < -0.4 is 10.6 Å². The normalized spacial score (nSPS) is 10.5. The summed E-state index contributed by atoms with van der Waals surface area (Å²) in [5.74, 6) is 1.82. The molecular weight excluding hydrogens is 302 g/mol. The van der Waals surface area contributed by atoms with Gasteiger partial charge in [-0.3, -0.25) is 0 Å². The largest absolute Gasteiger partial charge is 0.467 e. The zero-order valence-electron chi connectivity index (χ0n) is 11.9. The first-order valence-corrected chi connectivity index (χ1v) is 7.07. The van der Waals surface area contributed by atoms with Gasteiger partial charge in [-0.05, 0) is 36.8 Å². The summed E-state index contributed by atoms with van der Waals surface area (Å²) in [6.07, 6.45) is 3.18. The molecule has 0 fully saturated rings. The van der Waals surface area contributed by atoms with E-state index in [-0.39, 0.29) is 0 Å². The van der Waals surface area contributed by atoms with Crippen molar-refractivity contribution in [2.75, 3.05) is 10.6 Å². The summed E-state index contributed by atoms with van der Waals surface area (Å²) in [7, 11) is 0. The quantitative estimate of drug-likeness (QED) is 0.746. The van der Waals surface area contributed by atoms with Gasteiger partial charge in [-0.25, -0.2) is 0 Å². The molecule has 1 aromatic carbocycles. The second kappa shape index (κ2) is 6.44. The lowest BCUT2D eigenvalue weighted by molar-refractivity contribution is 0.517. The van der Waals surface area contributed by atoms with Crippen LogP contribution in [0.1, 0.15) is 11.3 Å². The van der Waals surface area contributed by atoms with Gasteiger partial charge in [0.1, 0.15) is 5.76 Å². The Labute approximate surface area is 132 Å². The minimum Gasteiger partial charge on any atom is -0.467 e. The van der Waals surface area contributed by atoms with Crippen molar-refractivity contribution in [1.82, 2.24) is 15.2 Å². The molecule has 0 aliphatic rings. The van der Waals surface area contributed by atoms with E-state index < -0.39 is 0 Å². The van der Waals surface area contributed by atoms with Gasteiger partial charge < -0.3 is 15.1 Å². The monoisotopic (exact) mass is 315 g/mol. The van der Waals surface area contributed by atoms with Gasteiger partial charge in [0.2, 0.25) is 5.95 Å². The van der Waals surface area contributed by atoms with Gasteiger partial charge in [-0.2, -0.15) is 10.1 Å². The molecule has 2 N–H and O–H groups in total. The first-order chi connectivity index (χ1) is 10.7. The Bertz CT molecular complexity index is 760. The SMILES string of the molecule is Cc1ccc(Cl)cc1Nc1nncc(NCc2ccco2)n1. The molecule has 0 aliphatic carbocycles. The summed E-state index contributed by atoms with van der Waals surface area (Å²) in [6.45, 7) is 2.51. The average Bonchev–Trinajstić information content (AvgIpc) is 3.03. The van der Waals surface area contributed by atoms with Crippen molar-refractivity contribution in [3.8, 4) is 0 Å². The Hall–Kier alpha value is -2.60. The van der Waals surface area contributed by atoms with E-state index in [9.17, 15) is 0 Å². The highest BCUT2D eigenvalue weighted by molar-refractivity contribution is 6.30. The van der Waals surface area contributed by atoms with Crippen LogP contribution in [0.25, 0.3) is 0 Å². The lowest BCUT2D eigenvalue weighted by atomic mass is 10.2. The molecule has 3 rings (SSSR count). The maximum absolute atomic E-state index is 6.00. The number of aromatic nitrogens is 3. The van der Waals surface area contributed by atoms with Crippen molar-refractivity contribution in [1.29, 1.82) is 0 Å². The van der Waals surface area contributed by atoms with Crippen molar-refractivity contribution in [2.24, 2.45) is 0 Å². The number of hydrogen-bond donors (Lipinski definition) is 2. The van der Waals surface area contributed by atoms with Crippen LogP contribution in [0, 0.1) is 6.92 Å². The summed E-state index contributed by atoms with van der Waals surface area (Å²) in [5, 5.41) is 14.8. The minimum atomic E-state index is 0.398. The minimum absolute atomic E-state index is 0.398. The molecule has 0 saturated carbocycles. The molecule has 0 saturated heterocycles. The second-order valence-electron chi connectivity index (χ2n) is 4.68. The molecule has 0 amide bonds. The van der Waals surface area contributed by atoms with E-state index in [1.807, 2.05) is 37.3 Å². The van der Waals surface area contributed by atoms with Crippen molar-refractivity contribution >= 4 is 29.1 Å². The Morgan fingerprint density at radius 1 is 1.27 bits per heavy atom. The Kier molecular flexibility index (Phi) is 4.20. The fourth-order valence-corrected chi connectivity index (χ4v) is 2.05. The summed E-state index contributed by atoms with van der Waals surface area (Å²) >= 11 is 6.00. The molecule has 0 spiro atoms. The number of hydrogen-bond acceptors (Lipinski definition) is 6. The molecule has 22 heavy (non-hydrogen) atoms. The number of aryl methyl sites for hydroxylation is 1. The van der Waals surface area contributed by atoms with Crippen molar-refractivity contribution in [2.45, 2.75) is 13.5 Å². The van der Waals surface area contributed by atoms with E-state index >= 15 is 0 Å². The van der Waals surface area contributed by atoms with Gasteiger partial charge in [-0.15, -0.1) is 5.10 Å². The zero-order valence-corrected chi connectivity index (χ0v) is 12.6. The lowest BCUT2D eigenvalue weighted by Gasteiger charge is -2.09. The predicted molar refractivity (Wildman–Crippen MR) is 85.3 cm³/mol. The van der Waals surface area contributed by atoms with Crippen LogP contribution in [-0.4, -0.2) is 15.2 Å². The van der Waals surface area contributed by atoms with E-state index in [1.165, 1.54) is 0 Å². The van der Waals surface area contributed by atoms with Crippen molar-refractivity contribution in [3.63, 3.8) is 0 Å². The van der Waals surface area contributed by atoms with Gasteiger partial charge in [0.05, 0.1) is 19.0 Å². The smallest absolute Gasteiger partial charge is 0.249 e. The van der Waals surface area contributed by atoms with E-state index in [4.69, 9.17) is 16.0 Å². The van der Waals surface area contributed by atoms with Gasteiger partial charge in [0.15, 0.2) is 5.82 Å². The van der Waals surface area contributed by atoms with Crippen LogP contribution in [-0.2, 0) is 6.54 Å². The Morgan fingerprint density at radius 3 is 3.00 bits per heavy atom. The number of nitrogens with one attached hydrogen (secondary N) is 2. The van der Waals surface area contributed by atoms with Crippen LogP contribution in [0.2, 0.25) is 5.02 Å². The fourth-order valence-electron chi connectivity index (χ4n) is 1.88. The van der Waals surface area contributed by atoms with Crippen molar-refractivity contribution < 1.29 is 4.42 Å². The molecule has 0 atom stereocenters. The maximum atomic E-state index is 6.00. The Balaban J connectivity index is 1.72. The number of benzene rings is 1. The lowest BCUT2D eigenvalue weighted by Crippen LogP contribution is -2.05. The summed E-state index contributed by atoms with van der Waals surface area (Å²) in [4.78, 5) is 4.36. The summed E-state index contributed by atoms with van der Waals surface area (Å²) < 4.78 is 5.25. The van der Waals surface area contributed by atoms with Crippen LogP contribution >= 0.6 is 11.6 Å². The van der Waals surface area contributed by atoms with E-state index in [0.717, 1.165) is 17.0 Å². The standard InChI is InChI=1S/C15H14ClN5O/c1-10-4-5-11(16)7-13(10)19-15-20-14(9-18-21-15)17-8-12-3-2-6-22-12/h2-7,9H,8H2,1H3,(H2,17,19,20,21). The molecule has 6 nitrogen and oxygen atoms in total. The second-order valence-corrected chi connectivity index (χ2v) is 5.12. The van der Waals surface area contributed by atoms with Gasteiger partial charge in [-0.1, -0.05) is 17.7 Å². The highest BCUT2D eigenvalue weighted by Gasteiger charge is 2.05. The summed E-state index contributed by atoms with van der Waals surface area (Å²) in [6, 6.07) is 9.31. The number of halogens is 1. The molecule has 0 bridgehead atoms. The third kappa shape index (κ3) is 3.53. The van der Waals surface area contributed by atoms with Gasteiger partial charge in [0.25, 0.3) is 0 Å². The molecule has 2 heterocycles. The topological polar surface area (TPSA) is 75.9 Å². The highest BCUT2D eigenvalue weighted by Crippen LogP contribution is 2.22. The fraction of sp³-hybridized carbons (Fsp3) is 0.133. The highest BCUT2D eigenvalue weighted by atomic mass is 35.5. The predicted octanol–water partition coefficient (Wildman–Crippen LogP) is 3.78. The molecular formula is C15H14ClN5O. The maximum Gasteiger partial charge on any atom is 0.249 e. The van der Waals surface area contributed by atoms with Crippen LogP contribution in [0.3, 0.4) is 0 Å². The molecule has 112 valence electrons. The number of rotatable bonds is 5. The van der Waals surface area contributed by atoms with Gasteiger partial charge in [0, 0.05) is 10.7 Å². The molecule has 0 unspecified atom stereocenters. The molecule has 3 aromatic rings. The van der Waals surface area contributed by atoms with Gasteiger partial charge >= 0.3 is 0 Å². The first-order valence-electron chi connectivity index (χ1n) is 6.70. The van der Waals surface area contributed by atoms with Crippen LogP contribution in [0.5, 0.6) is 0 Å². The molecule has 0 radical (unpaired) electrons. The van der Waals surface area contributed by atoms with E-state index in [0.29, 0.717) is 23.3 Å².